The monoisotopic (exact) mass is 358 g/mol. The van der Waals surface area contributed by atoms with E-state index in [2.05, 4.69) is 15.9 Å². The Bertz CT molecular complexity index is 966. The van der Waals surface area contributed by atoms with Crippen LogP contribution in [0.1, 0.15) is 0 Å². The highest BCUT2D eigenvalue weighted by Crippen LogP contribution is 2.26. The third kappa shape index (κ3) is 1.95. The normalized spacial score (nSPS) is 12.1. The Balaban J connectivity index is 2.23. The summed E-state index contributed by atoms with van der Waals surface area (Å²) < 4.78 is 30.9. The lowest BCUT2D eigenvalue weighted by molar-refractivity contribution is 0.455. The molecular weight excluding hydrogens is 352 g/mol. The third-order valence-corrected chi connectivity index (χ3v) is 4.64. The predicted octanol–water partition coefficient (Wildman–Crippen LogP) is 1.63. The van der Waals surface area contributed by atoms with Gasteiger partial charge in [-0.3, -0.25) is 4.98 Å². The number of benzene rings is 1. The first-order valence-electron chi connectivity index (χ1n) is 5.33. The van der Waals surface area contributed by atoms with Crippen LogP contribution in [0.5, 0.6) is 5.88 Å². The number of hydrogen-bond acceptors (Lipinski definition) is 5. The number of aromatic nitrogens is 2. The van der Waals surface area contributed by atoms with Crippen LogP contribution in [0, 0.1) is 0 Å². The van der Waals surface area contributed by atoms with E-state index >= 15 is 0 Å². The third-order valence-electron chi connectivity index (χ3n) is 2.64. The van der Waals surface area contributed by atoms with Crippen molar-refractivity contribution in [3.05, 3.63) is 45.4 Å². The van der Waals surface area contributed by atoms with Gasteiger partial charge in [-0.15, -0.1) is 0 Å². The van der Waals surface area contributed by atoms with E-state index < -0.39 is 21.6 Å². The van der Waals surface area contributed by atoms with Gasteiger partial charge >= 0.3 is 15.7 Å². The van der Waals surface area contributed by atoms with Gasteiger partial charge in [0.1, 0.15) is 5.58 Å². The van der Waals surface area contributed by atoms with Gasteiger partial charge in [0.15, 0.2) is 0 Å². The summed E-state index contributed by atoms with van der Waals surface area (Å²) in [6, 6.07) is 6.31. The number of furan rings is 1. The van der Waals surface area contributed by atoms with Gasteiger partial charge in [0.2, 0.25) is 11.0 Å². The lowest BCUT2D eigenvalue weighted by Crippen LogP contribution is -2.24. The highest BCUT2D eigenvalue weighted by Gasteiger charge is 2.24. The molecule has 3 rings (SSSR count). The van der Waals surface area contributed by atoms with Crippen molar-refractivity contribution in [1.82, 2.24) is 8.96 Å². The summed E-state index contributed by atoms with van der Waals surface area (Å²) in [4.78, 5) is 13.4. The Morgan fingerprint density at radius 3 is 2.70 bits per heavy atom. The molecule has 2 heterocycles. The van der Waals surface area contributed by atoms with Gasteiger partial charge in [-0.2, -0.15) is 12.4 Å². The van der Waals surface area contributed by atoms with Gasteiger partial charge in [-0.05, 0) is 18.2 Å². The molecule has 3 aromatic rings. The SMILES string of the molecule is O=c1[nH]c(O)cn1S(=O)(=O)c1cc2cc(Br)ccc2o1. The zero-order valence-electron chi connectivity index (χ0n) is 9.70. The molecule has 2 N–H and O–H groups in total. The number of aromatic hydroxyl groups is 1. The van der Waals surface area contributed by atoms with E-state index in [1.165, 1.54) is 6.07 Å². The van der Waals surface area contributed by atoms with E-state index in [0.29, 0.717) is 14.9 Å². The number of fused-ring (bicyclic) bond motifs is 1. The van der Waals surface area contributed by atoms with Crippen LogP contribution >= 0.6 is 15.9 Å². The van der Waals surface area contributed by atoms with Gasteiger partial charge < -0.3 is 9.52 Å². The zero-order valence-corrected chi connectivity index (χ0v) is 12.1. The fraction of sp³-hybridized carbons (Fsp3) is 0. The van der Waals surface area contributed by atoms with Crippen LogP contribution in [0.3, 0.4) is 0 Å². The molecule has 7 nitrogen and oxygen atoms in total. The molecule has 0 saturated heterocycles. The molecule has 1 aromatic carbocycles. The van der Waals surface area contributed by atoms with Crippen molar-refractivity contribution < 1.29 is 17.9 Å². The molecular formula is C11H7BrN2O5S. The summed E-state index contributed by atoms with van der Waals surface area (Å²) in [5.74, 6) is -0.544. The quantitative estimate of drug-likeness (QED) is 0.724. The molecule has 0 saturated carbocycles. The molecule has 9 heteroatoms. The molecule has 104 valence electrons. The Hall–Kier alpha value is -2.00. The standard InChI is InChI=1S/C11H7BrN2O5S/c12-7-1-2-8-6(3-7)4-10(19-8)20(17,18)14-5-9(15)13-11(14)16/h1-5,15H,(H,13,16). The van der Waals surface area contributed by atoms with Gasteiger partial charge in [0, 0.05) is 15.9 Å². The van der Waals surface area contributed by atoms with Crippen LogP contribution in [0.4, 0.5) is 0 Å². The fourth-order valence-corrected chi connectivity index (χ4v) is 3.31. The molecule has 0 aliphatic carbocycles. The summed E-state index contributed by atoms with van der Waals surface area (Å²) in [7, 11) is -4.19. The van der Waals surface area contributed by atoms with Crippen molar-refractivity contribution in [3.8, 4) is 5.88 Å². The van der Waals surface area contributed by atoms with Crippen LogP contribution in [0.25, 0.3) is 11.0 Å². The summed E-state index contributed by atoms with van der Waals surface area (Å²) in [5.41, 5.74) is -0.594. The molecule has 20 heavy (non-hydrogen) atoms. The van der Waals surface area contributed by atoms with Crippen LogP contribution in [0.2, 0.25) is 0 Å². The fourth-order valence-electron chi connectivity index (χ4n) is 1.76. The molecule has 2 aromatic heterocycles. The van der Waals surface area contributed by atoms with E-state index in [-0.39, 0.29) is 5.09 Å². The van der Waals surface area contributed by atoms with Crippen molar-refractivity contribution in [2.75, 3.05) is 0 Å². The number of imidazole rings is 1. The Kier molecular flexibility index (Phi) is 2.76. The molecule has 0 fully saturated rings. The topological polar surface area (TPSA) is 105 Å². The average Bonchev–Trinajstić information content (AvgIpc) is 2.92. The number of aromatic amines is 1. The van der Waals surface area contributed by atoms with Crippen molar-refractivity contribution in [2.24, 2.45) is 0 Å². The number of nitrogens with zero attached hydrogens (tertiary/aromatic N) is 1. The van der Waals surface area contributed by atoms with Crippen molar-refractivity contribution in [1.29, 1.82) is 0 Å². The minimum absolute atomic E-state index is 0.375. The van der Waals surface area contributed by atoms with E-state index in [9.17, 15) is 13.2 Å². The molecule has 0 spiro atoms. The van der Waals surface area contributed by atoms with E-state index in [4.69, 9.17) is 9.52 Å². The first-order chi connectivity index (χ1) is 9.38. The van der Waals surface area contributed by atoms with Crippen molar-refractivity contribution in [2.45, 2.75) is 5.09 Å². The van der Waals surface area contributed by atoms with Crippen LogP contribution in [-0.2, 0) is 10.0 Å². The zero-order chi connectivity index (χ0) is 14.5. The largest absolute Gasteiger partial charge is 0.493 e. The molecule has 0 aliphatic rings. The Morgan fingerprint density at radius 1 is 1.30 bits per heavy atom. The summed E-state index contributed by atoms with van der Waals surface area (Å²) in [6.45, 7) is 0. The number of hydrogen-bond donors (Lipinski definition) is 2. The second kappa shape index (κ2) is 4.25. The van der Waals surface area contributed by atoms with E-state index in [1.54, 1.807) is 18.2 Å². The van der Waals surface area contributed by atoms with Gasteiger partial charge in [0.25, 0.3) is 0 Å². The number of H-pyrrole nitrogens is 1. The highest BCUT2D eigenvalue weighted by atomic mass is 79.9. The summed E-state index contributed by atoms with van der Waals surface area (Å²) in [6.07, 6.45) is 0.779. The second-order valence-corrected chi connectivity index (χ2v) is 6.65. The molecule has 0 amide bonds. The number of nitrogens with one attached hydrogen (secondary N) is 1. The molecule has 0 bridgehead atoms. The van der Waals surface area contributed by atoms with Crippen LogP contribution in [-0.4, -0.2) is 22.5 Å². The summed E-state index contributed by atoms with van der Waals surface area (Å²) in [5, 5.41) is 9.33. The smallest absolute Gasteiger partial charge is 0.342 e. The van der Waals surface area contributed by atoms with Crippen molar-refractivity contribution in [3.63, 3.8) is 0 Å². The first-order valence-corrected chi connectivity index (χ1v) is 7.56. The van der Waals surface area contributed by atoms with Gasteiger partial charge in [-0.1, -0.05) is 15.9 Å². The molecule has 0 atom stereocenters. The van der Waals surface area contributed by atoms with E-state index in [1.807, 2.05) is 4.98 Å². The van der Waals surface area contributed by atoms with Crippen LogP contribution < -0.4 is 5.69 Å². The Labute approximate surface area is 120 Å². The van der Waals surface area contributed by atoms with E-state index in [0.717, 1.165) is 10.7 Å². The minimum Gasteiger partial charge on any atom is -0.493 e. The highest BCUT2D eigenvalue weighted by molar-refractivity contribution is 9.10. The maximum absolute atomic E-state index is 12.2. The lowest BCUT2D eigenvalue weighted by Gasteiger charge is -1.98. The van der Waals surface area contributed by atoms with Crippen LogP contribution in [0.15, 0.2) is 49.2 Å². The van der Waals surface area contributed by atoms with Gasteiger partial charge in [-0.25, -0.2) is 4.79 Å². The molecule has 0 radical (unpaired) electrons. The molecule has 0 aliphatic heterocycles. The second-order valence-electron chi connectivity index (χ2n) is 3.99. The minimum atomic E-state index is -4.19. The predicted molar refractivity (Wildman–Crippen MR) is 73.2 cm³/mol. The number of rotatable bonds is 2. The average molecular weight is 359 g/mol. The number of halogens is 1. The maximum Gasteiger partial charge on any atom is 0.342 e. The summed E-state index contributed by atoms with van der Waals surface area (Å²) >= 11 is 3.27. The maximum atomic E-state index is 12.2. The molecule has 0 unspecified atom stereocenters. The van der Waals surface area contributed by atoms with Crippen molar-refractivity contribution >= 4 is 36.9 Å². The lowest BCUT2D eigenvalue weighted by atomic mass is 10.3. The Morgan fingerprint density at radius 2 is 2.05 bits per heavy atom. The van der Waals surface area contributed by atoms with Gasteiger partial charge in [0.05, 0.1) is 6.20 Å². The first kappa shape index (κ1) is 13.0.